The largest absolute Gasteiger partial charge is 0.495 e. The van der Waals surface area contributed by atoms with E-state index in [0.717, 1.165) is 33.1 Å². The number of hydrogen-bond acceptors (Lipinski definition) is 16. The number of fused-ring (bicyclic) bond motifs is 5. The van der Waals surface area contributed by atoms with E-state index in [1.165, 1.54) is 51.9 Å². The molecule has 4 aliphatic rings. The lowest BCUT2D eigenvalue weighted by molar-refractivity contribution is -0.162. The number of halogens is 1. The highest BCUT2D eigenvalue weighted by molar-refractivity contribution is 7.98. The number of amides is 7. The number of esters is 1. The number of benzene rings is 1. The fourth-order valence-electron chi connectivity index (χ4n) is 9.75. The zero-order valence-electron chi connectivity index (χ0n) is 44.0. The van der Waals surface area contributed by atoms with Crippen LogP contribution >= 0.6 is 23.4 Å². The number of epoxide rings is 1. The van der Waals surface area contributed by atoms with Crippen LogP contribution in [0.15, 0.2) is 35.9 Å². The van der Waals surface area contributed by atoms with Gasteiger partial charge in [-0.2, -0.15) is 11.8 Å². The number of ether oxygens (including phenoxy) is 5. The molecule has 4 heterocycles. The van der Waals surface area contributed by atoms with Crippen LogP contribution in [0, 0.1) is 11.8 Å². The molecule has 2 saturated heterocycles. The highest BCUT2D eigenvalue weighted by Crippen LogP contribution is 2.49. The van der Waals surface area contributed by atoms with Gasteiger partial charge in [0.25, 0.3) is 11.8 Å². The molecule has 4 bridgehead atoms. The molecule has 11 unspecified atom stereocenters. The van der Waals surface area contributed by atoms with Crippen molar-refractivity contribution >= 4 is 76.6 Å². The fourth-order valence-corrected chi connectivity index (χ4v) is 10.5. The minimum absolute atomic E-state index is 0.0833. The van der Waals surface area contributed by atoms with Crippen LogP contribution in [0.2, 0.25) is 5.02 Å². The van der Waals surface area contributed by atoms with E-state index >= 15 is 0 Å². The average Bonchev–Trinajstić information content (AvgIpc) is 3.95. The highest BCUT2D eigenvalue weighted by atomic mass is 35.5. The lowest BCUT2D eigenvalue weighted by Gasteiger charge is -2.43. The predicted octanol–water partition coefficient (Wildman–Crippen LogP) is 3.15. The fraction of sp³-hybridized carbons (Fsp3) is 0.647. The van der Waals surface area contributed by atoms with E-state index in [2.05, 4.69) is 16.0 Å². The van der Waals surface area contributed by atoms with Crippen LogP contribution in [0.3, 0.4) is 0 Å². The number of unbranched alkanes of at least 4 members (excludes halogenated alkanes) is 1. The van der Waals surface area contributed by atoms with Gasteiger partial charge >= 0.3 is 12.1 Å². The average molecular weight is 1080 g/mol. The Balaban J connectivity index is 1.41. The molecule has 7 amide bonds. The lowest BCUT2D eigenvalue weighted by Crippen LogP contribution is -2.64. The molecule has 0 aromatic heterocycles. The second kappa shape index (κ2) is 26.0. The van der Waals surface area contributed by atoms with Gasteiger partial charge in [-0.1, -0.05) is 37.1 Å². The summed E-state index contributed by atoms with van der Waals surface area (Å²) in [6.45, 7) is 8.95. The summed E-state index contributed by atoms with van der Waals surface area (Å²) >= 11 is 8.29. The Labute approximate surface area is 442 Å². The van der Waals surface area contributed by atoms with Crippen LogP contribution in [0.1, 0.15) is 91.5 Å². The minimum Gasteiger partial charge on any atom is -0.495 e. The minimum atomic E-state index is -1.84. The van der Waals surface area contributed by atoms with Gasteiger partial charge in [-0.05, 0) is 101 Å². The number of methoxy groups -OCH3 is 2. The molecule has 11 atom stereocenters. The smallest absolute Gasteiger partial charge is 0.409 e. The Bertz CT molecular complexity index is 2320. The zero-order valence-corrected chi connectivity index (χ0v) is 45.6. The van der Waals surface area contributed by atoms with Crippen LogP contribution in [0.25, 0.3) is 0 Å². The van der Waals surface area contributed by atoms with Crippen molar-refractivity contribution in [2.24, 2.45) is 17.6 Å². The lowest BCUT2D eigenvalue weighted by atomic mass is 9.82. The van der Waals surface area contributed by atoms with E-state index < -0.39 is 114 Å². The van der Waals surface area contributed by atoms with E-state index in [1.54, 1.807) is 26.0 Å². The van der Waals surface area contributed by atoms with Gasteiger partial charge in [-0.15, -0.1) is 0 Å². The molecule has 0 radical (unpaired) electrons. The molecule has 0 aliphatic carbocycles. The number of carbonyl (C=O) groups is 8. The second-order valence-electron chi connectivity index (χ2n) is 19.9. The van der Waals surface area contributed by atoms with E-state index in [0.29, 0.717) is 49.4 Å². The van der Waals surface area contributed by atoms with Crippen molar-refractivity contribution in [1.29, 1.82) is 0 Å². The third-order valence-electron chi connectivity index (χ3n) is 14.3. The van der Waals surface area contributed by atoms with Crippen LogP contribution in [-0.4, -0.2) is 170 Å². The molecular formula is C51H74ClN7O14S. The number of hydrogen-bond donors (Lipinski definition) is 5. The molecule has 1 aromatic rings. The molecule has 410 valence electrons. The van der Waals surface area contributed by atoms with Crippen molar-refractivity contribution in [3.8, 4) is 5.75 Å². The van der Waals surface area contributed by atoms with E-state index in [-0.39, 0.29) is 43.2 Å². The molecule has 4 aliphatic heterocycles. The zero-order chi connectivity index (χ0) is 54.8. The number of thioether (sulfide) groups is 1. The first-order valence-electron chi connectivity index (χ1n) is 24.9. The Morgan fingerprint density at radius 2 is 1.74 bits per heavy atom. The van der Waals surface area contributed by atoms with Crippen LogP contribution in [-0.2, 0) is 58.9 Å². The monoisotopic (exact) mass is 1080 g/mol. The third-order valence-corrected chi connectivity index (χ3v) is 15.4. The van der Waals surface area contributed by atoms with Crippen LogP contribution < -0.4 is 31.3 Å². The van der Waals surface area contributed by atoms with E-state index in [1.807, 2.05) is 26.2 Å². The molecule has 0 saturated carbocycles. The molecular weight excluding hydrogens is 1000 g/mol. The Hall–Kier alpha value is -5.26. The van der Waals surface area contributed by atoms with Crippen molar-refractivity contribution in [3.63, 3.8) is 0 Å². The van der Waals surface area contributed by atoms with Crippen molar-refractivity contribution in [2.75, 3.05) is 58.3 Å². The molecule has 5 rings (SSSR count). The number of carbonyl (C=O) groups excluding carboxylic acids is 8. The summed E-state index contributed by atoms with van der Waals surface area (Å²) in [5.74, 6) is -4.41. The maximum atomic E-state index is 14.5. The number of likely N-dealkylation sites (N-methyl/N-ethyl adjacent to an activating group) is 1. The molecule has 0 spiro atoms. The van der Waals surface area contributed by atoms with Crippen molar-refractivity contribution in [2.45, 2.75) is 146 Å². The number of aliphatic hydroxyl groups is 1. The van der Waals surface area contributed by atoms with Crippen molar-refractivity contribution in [1.82, 2.24) is 25.8 Å². The Morgan fingerprint density at radius 1 is 1.05 bits per heavy atom. The third kappa shape index (κ3) is 14.6. The van der Waals surface area contributed by atoms with Gasteiger partial charge in [-0.25, -0.2) is 9.59 Å². The molecule has 23 heteroatoms. The van der Waals surface area contributed by atoms with E-state index in [9.17, 15) is 43.5 Å². The topological polar surface area (TPSA) is 278 Å². The van der Waals surface area contributed by atoms with E-state index in [4.69, 9.17) is 41.0 Å². The summed E-state index contributed by atoms with van der Waals surface area (Å²) in [5, 5.41) is 20.3. The normalized spacial score (nSPS) is 27.4. The summed E-state index contributed by atoms with van der Waals surface area (Å²) in [5.41, 5.74) is 4.59. The summed E-state index contributed by atoms with van der Waals surface area (Å²) in [6, 6.07) is 0.00844. The summed E-state index contributed by atoms with van der Waals surface area (Å²) < 4.78 is 29.8. The summed E-state index contributed by atoms with van der Waals surface area (Å²) in [6.07, 6.45) is 2.70. The maximum absolute atomic E-state index is 14.5. The molecule has 1 aromatic carbocycles. The SMILES string of the molecule is COc1cc2cc(c1Cl)N(C)C(=O)CC(OC(=O)C(C)N(C)C(=O)C(CCSC)NC(=O)C(CCCCN)NC(=O)CCN1C(=O)C=CC1=O)C1(C)OC1C(C)C1CC(O)(NC(=O)O1)C(OC)CC(C)C=C(C)C2. The maximum Gasteiger partial charge on any atom is 0.409 e. The van der Waals surface area contributed by atoms with Crippen LogP contribution in [0.5, 0.6) is 5.75 Å². The van der Waals surface area contributed by atoms with Gasteiger partial charge in [-0.3, -0.25) is 39.0 Å². The number of imide groups is 1. The molecule has 6 N–H and O–H groups in total. The van der Waals surface area contributed by atoms with Gasteiger partial charge in [0.15, 0.2) is 5.72 Å². The Kier molecular flexibility index (Phi) is 20.9. The van der Waals surface area contributed by atoms with Gasteiger partial charge in [0, 0.05) is 58.7 Å². The number of nitrogens with two attached hydrogens (primary N) is 1. The second-order valence-corrected chi connectivity index (χ2v) is 21.3. The number of nitrogens with one attached hydrogen (secondary N) is 3. The van der Waals surface area contributed by atoms with Crippen molar-refractivity contribution < 1.29 is 67.1 Å². The number of rotatable bonds is 19. The standard InChI is InChI=1S/C51H74ClN7O14S/c1-28-21-29(2)23-39(70-9)51(68)27-37(71-49(67)56-51)30(3)45-50(5,73-45)38(26-43(63)58(7)35-24-32(22-28)25-36(69-8)44(35)52)72-48(66)31(4)57(6)47(65)34(17-20-74-10)55-46(64)33(13-11-12-18-53)54-40(60)16-19-59-41(61)14-15-42(59)62/h14-15,21,24-25,29-31,33-34,37-39,45,68H,11-13,16-20,22-23,26-27,53H2,1-10H3,(H,54,60)(H,55,64)(H,56,67). The summed E-state index contributed by atoms with van der Waals surface area (Å²) in [4.78, 5) is 111. The number of allylic oxidation sites excluding steroid dienone is 2. The van der Waals surface area contributed by atoms with Gasteiger partial charge in [0.05, 0.1) is 25.3 Å². The van der Waals surface area contributed by atoms with Crippen LogP contribution in [0.4, 0.5) is 10.5 Å². The summed E-state index contributed by atoms with van der Waals surface area (Å²) in [7, 11) is 5.85. The number of anilines is 1. The molecule has 21 nitrogen and oxygen atoms in total. The van der Waals surface area contributed by atoms with Gasteiger partial charge in [0.1, 0.15) is 52.8 Å². The number of nitrogens with zero attached hydrogens (tertiary/aromatic N) is 3. The van der Waals surface area contributed by atoms with Gasteiger partial charge in [0.2, 0.25) is 23.6 Å². The number of alkyl carbamates (subject to hydrolysis) is 1. The highest BCUT2D eigenvalue weighted by Gasteiger charge is 2.64. The first kappa shape index (κ1) is 59.6. The van der Waals surface area contributed by atoms with Crippen molar-refractivity contribution in [3.05, 3.63) is 46.5 Å². The first-order valence-corrected chi connectivity index (χ1v) is 26.7. The Morgan fingerprint density at radius 3 is 2.38 bits per heavy atom. The first-order chi connectivity index (χ1) is 34.9. The molecule has 2 fully saturated rings. The molecule has 74 heavy (non-hydrogen) atoms. The van der Waals surface area contributed by atoms with Gasteiger partial charge < -0.3 is 55.0 Å². The quantitative estimate of drug-likeness (QED) is 0.0438. The predicted molar refractivity (Wildman–Crippen MR) is 276 cm³/mol.